The minimum Gasteiger partial charge on any atom is -0.324 e. The van der Waals surface area contributed by atoms with E-state index >= 15 is 0 Å². The highest BCUT2D eigenvalue weighted by Crippen LogP contribution is 2.22. The van der Waals surface area contributed by atoms with Crippen molar-refractivity contribution < 1.29 is 9.72 Å². The Morgan fingerprint density at radius 3 is 2.61 bits per heavy atom. The van der Waals surface area contributed by atoms with Crippen LogP contribution in [0, 0.1) is 17.0 Å². The van der Waals surface area contributed by atoms with Crippen LogP contribution in [0.1, 0.15) is 25.8 Å². The van der Waals surface area contributed by atoms with Crippen molar-refractivity contribution in [1.29, 1.82) is 0 Å². The van der Waals surface area contributed by atoms with Gasteiger partial charge in [0.2, 0.25) is 5.91 Å². The van der Waals surface area contributed by atoms with Gasteiger partial charge in [-0.2, -0.15) is 0 Å². The molecule has 1 rings (SSSR count). The summed E-state index contributed by atoms with van der Waals surface area (Å²) in [6.07, 6.45) is 0.505. The lowest BCUT2D eigenvalue weighted by Gasteiger charge is -2.22. The number of benzene rings is 1. The Balaban J connectivity index is 2.93. The molecule has 0 aromatic heterocycles. The third kappa shape index (κ3) is 3.04. The van der Waals surface area contributed by atoms with Crippen LogP contribution in [-0.2, 0) is 4.79 Å². The zero-order valence-electron chi connectivity index (χ0n) is 10.7. The van der Waals surface area contributed by atoms with Gasteiger partial charge in [-0.15, -0.1) is 0 Å². The highest BCUT2D eigenvalue weighted by molar-refractivity contribution is 5.98. The Kier molecular flexibility index (Phi) is 4.03. The molecule has 1 atom stereocenters. The fraction of sp³-hybridized carbons (Fsp3) is 0.417. The van der Waals surface area contributed by atoms with Gasteiger partial charge in [-0.1, -0.05) is 6.92 Å². The zero-order chi connectivity index (χ0) is 13.9. The number of anilines is 1. The van der Waals surface area contributed by atoms with Crippen molar-refractivity contribution in [1.82, 2.24) is 0 Å². The Hall–Kier alpha value is -1.95. The van der Waals surface area contributed by atoms with E-state index in [4.69, 9.17) is 5.73 Å². The first-order chi connectivity index (χ1) is 8.27. The van der Waals surface area contributed by atoms with Crippen LogP contribution in [0.2, 0.25) is 0 Å². The first kappa shape index (κ1) is 14.1. The molecule has 0 aliphatic carbocycles. The van der Waals surface area contributed by atoms with Gasteiger partial charge in [0.05, 0.1) is 10.5 Å². The number of non-ortho nitro benzene ring substituents is 1. The number of carbonyl (C=O) groups excluding carboxylic acids is 1. The van der Waals surface area contributed by atoms with Crippen molar-refractivity contribution in [3.05, 3.63) is 33.9 Å². The molecule has 0 fully saturated rings. The molecule has 0 aliphatic rings. The Labute approximate surface area is 105 Å². The van der Waals surface area contributed by atoms with Gasteiger partial charge in [0.15, 0.2) is 0 Å². The van der Waals surface area contributed by atoms with E-state index in [2.05, 4.69) is 5.32 Å². The van der Waals surface area contributed by atoms with E-state index < -0.39 is 10.5 Å². The molecule has 1 aromatic rings. The monoisotopic (exact) mass is 251 g/mol. The molecule has 98 valence electrons. The van der Waals surface area contributed by atoms with Gasteiger partial charge < -0.3 is 11.1 Å². The third-order valence-corrected chi connectivity index (χ3v) is 2.92. The molecule has 0 saturated heterocycles. The van der Waals surface area contributed by atoms with E-state index in [1.807, 2.05) is 6.92 Å². The summed E-state index contributed by atoms with van der Waals surface area (Å²) in [5, 5.41) is 13.3. The lowest BCUT2D eigenvalue weighted by atomic mass is 9.99. The van der Waals surface area contributed by atoms with Gasteiger partial charge in [-0.05, 0) is 31.9 Å². The highest BCUT2D eigenvalue weighted by atomic mass is 16.6. The van der Waals surface area contributed by atoms with Crippen LogP contribution >= 0.6 is 0 Å². The number of hydrogen-bond donors (Lipinski definition) is 2. The van der Waals surface area contributed by atoms with E-state index in [0.29, 0.717) is 17.7 Å². The predicted molar refractivity (Wildman–Crippen MR) is 69.3 cm³/mol. The molecular weight excluding hydrogens is 234 g/mol. The topological polar surface area (TPSA) is 98.3 Å². The third-order valence-electron chi connectivity index (χ3n) is 2.92. The SMILES string of the molecule is CCC(C)(N)C(=O)Nc1ccc([N+](=O)[O-])cc1C. The number of amides is 1. The molecule has 18 heavy (non-hydrogen) atoms. The first-order valence-corrected chi connectivity index (χ1v) is 5.63. The van der Waals surface area contributed by atoms with Crippen molar-refractivity contribution in [2.24, 2.45) is 5.73 Å². The van der Waals surface area contributed by atoms with E-state index in [-0.39, 0.29) is 11.6 Å². The number of nitrogens with zero attached hydrogens (tertiary/aromatic N) is 1. The van der Waals surface area contributed by atoms with Crippen molar-refractivity contribution in [2.75, 3.05) is 5.32 Å². The number of nitrogens with two attached hydrogens (primary N) is 1. The van der Waals surface area contributed by atoms with Gasteiger partial charge in [0, 0.05) is 17.8 Å². The second-order valence-electron chi connectivity index (χ2n) is 4.48. The van der Waals surface area contributed by atoms with Crippen molar-refractivity contribution in [2.45, 2.75) is 32.7 Å². The smallest absolute Gasteiger partial charge is 0.269 e. The molecule has 0 aliphatic heterocycles. The minimum atomic E-state index is -0.950. The maximum Gasteiger partial charge on any atom is 0.269 e. The van der Waals surface area contributed by atoms with Crippen molar-refractivity contribution >= 4 is 17.3 Å². The van der Waals surface area contributed by atoms with Crippen LogP contribution in [0.3, 0.4) is 0 Å². The molecular formula is C12H17N3O3. The Morgan fingerprint density at radius 2 is 2.17 bits per heavy atom. The second kappa shape index (κ2) is 5.14. The van der Waals surface area contributed by atoms with E-state index in [0.717, 1.165) is 0 Å². The molecule has 0 heterocycles. The zero-order valence-corrected chi connectivity index (χ0v) is 10.7. The van der Waals surface area contributed by atoms with E-state index in [1.54, 1.807) is 13.8 Å². The molecule has 0 bridgehead atoms. The quantitative estimate of drug-likeness (QED) is 0.631. The molecule has 6 nitrogen and oxygen atoms in total. The van der Waals surface area contributed by atoms with Gasteiger partial charge in [-0.25, -0.2) is 0 Å². The minimum absolute atomic E-state index is 0.00324. The normalized spacial score (nSPS) is 13.8. The summed E-state index contributed by atoms with van der Waals surface area (Å²) in [6.45, 7) is 5.16. The summed E-state index contributed by atoms with van der Waals surface area (Å²) < 4.78 is 0. The maximum absolute atomic E-state index is 11.9. The predicted octanol–water partition coefficient (Wildman–Crippen LogP) is 1.97. The highest BCUT2D eigenvalue weighted by Gasteiger charge is 2.26. The standard InChI is InChI=1S/C12H17N3O3/c1-4-12(3,13)11(16)14-10-6-5-9(15(17)18)7-8(10)2/h5-7H,4,13H2,1-3H3,(H,14,16). The number of aryl methyl sites for hydroxylation is 1. The van der Waals surface area contributed by atoms with Crippen LogP contribution in [0.5, 0.6) is 0 Å². The Bertz CT molecular complexity index is 483. The second-order valence-corrected chi connectivity index (χ2v) is 4.48. The van der Waals surface area contributed by atoms with Gasteiger partial charge in [0.25, 0.3) is 5.69 Å². The van der Waals surface area contributed by atoms with Gasteiger partial charge in [0.1, 0.15) is 0 Å². The van der Waals surface area contributed by atoms with Crippen LogP contribution in [-0.4, -0.2) is 16.4 Å². The molecule has 1 aromatic carbocycles. The van der Waals surface area contributed by atoms with Crippen LogP contribution in [0.4, 0.5) is 11.4 Å². The lowest BCUT2D eigenvalue weighted by molar-refractivity contribution is -0.384. The largest absolute Gasteiger partial charge is 0.324 e. The summed E-state index contributed by atoms with van der Waals surface area (Å²) in [5.41, 5.74) is 6.03. The maximum atomic E-state index is 11.9. The summed E-state index contributed by atoms with van der Waals surface area (Å²) in [6, 6.07) is 4.27. The average Bonchev–Trinajstić information content (AvgIpc) is 2.31. The molecule has 6 heteroatoms. The lowest BCUT2D eigenvalue weighted by Crippen LogP contribution is -2.47. The van der Waals surface area contributed by atoms with E-state index in [1.165, 1.54) is 18.2 Å². The fourth-order valence-electron chi connectivity index (χ4n) is 1.33. The van der Waals surface area contributed by atoms with Gasteiger partial charge in [-0.3, -0.25) is 14.9 Å². The van der Waals surface area contributed by atoms with Crippen molar-refractivity contribution in [3.8, 4) is 0 Å². The average molecular weight is 251 g/mol. The first-order valence-electron chi connectivity index (χ1n) is 5.63. The summed E-state index contributed by atoms with van der Waals surface area (Å²) >= 11 is 0. The van der Waals surface area contributed by atoms with Crippen LogP contribution < -0.4 is 11.1 Å². The molecule has 3 N–H and O–H groups in total. The van der Waals surface area contributed by atoms with Crippen molar-refractivity contribution in [3.63, 3.8) is 0 Å². The Morgan fingerprint density at radius 1 is 1.56 bits per heavy atom. The number of rotatable bonds is 4. The molecule has 0 spiro atoms. The number of nitrogens with one attached hydrogen (secondary N) is 1. The summed E-state index contributed by atoms with van der Waals surface area (Å²) in [4.78, 5) is 22.0. The van der Waals surface area contributed by atoms with E-state index in [9.17, 15) is 14.9 Å². The molecule has 0 radical (unpaired) electrons. The number of nitro benzene ring substituents is 1. The summed E-state index contributed by atoms with van der Waals surface area (Å²) in [5.74, 6) is -0.304. The number of hydrogen-bond acceptors (Lipinski definition) is 4. The number of nitro groups is 1. The van der Waals surface area contributed by atoms with Gasteiger partial charge >= 0.3 is 0 Å². The fourth-order valence-corrected chi connectivity index (χ4v) is 1.33. The molecule has 1 unspecified atom stereocenters. The molecule has 0 saturated carbocycles. The molecule has 1 amide bonds. The number of carbonyl (C=O) groups is 1. The van der Waals surface area contributed by atoms with Crippen LogP contribution in [0.25, 0.3) is 0 Å². The summed E-state index contributed by atoms with van der Waals surface area (Å²) in [7, 11) is 0. The van der Waals surface area contributed by atoms with Crippen LogP contribution in [0.15, 0.2) is 18.2 Å².